The van der Waals surface area contributed by atoms with Gasteiger partial charge < -0.3 is 16.4 Å². The Morgan fingerprint density at radius 1 is 1.39 bits per heavy atom. The summed E-state index contributed by atoms with van der Waals surface area (Å²) in [5, 5.41) is 6.95. The Bertz CT molecular complexity index is 612. The number of nitrogens with one attached hydrogen (secondary N) is 2. The van der Waals surface area contributed by atoms with Gasteiger partial charge in [-0.15, -0.1) is 0 Å². The topological polar surface area (TPSA) is 92.9 Å². The molecule has 4 N–H and O–H groups in total. The summed E-state index contributed by atoms with van der Waals surface area (Å²) in [5.41, 5.74) is 7.19. The van der Waals surface area contributed by atoms with Crippen LogP contribution < -0.4 is 16.4 Å². The van der Waals surface area contributed by atoms with Gasteiger partial charge in [-0.05, 0) is 18.2 Å². The molecule has 6 nitrogen and oxygen atoms in total. The molecule has 18 heavy (non-hydrogen) atoms. The zero-order chi connectivity index (χ0) is 12.5. The number of anilines is 2. The molecule has 2 heterocycles. The van der Waals surface area contributed by atoms with Crippen LogP contribution in [-0.4, -0.2) is 28.5 Å². The van der Waals surface area contributed by atoms with E-state index in [2.05, 4.69) is 20.6 Å². The van der Waals surface area contributed by atoms with Gasteiger partial charge in [0, 0.05) is 24.0 Å². The normalized spacial score (nSPS) is 18.9. The molecule has 0 spiro atoms. The molecule has 1 atom stereocenters. The quantitative estimate of drug-likeness (QED) is 0.668. The largest absolute Gasteiger partial charge is 0.399 e. The summed E-state index contributed by atoms with van der Waals surface area (Å²) in [5.74, 6) is 0.802. The summed E-state index contributed by atoms with van der Waals surface area (Å²) >= 11 is 0. The smallest absolute Gasteiger partial charge is 0.222 e. The maximum Gasteiger partial charge on any atom is 0.222 e. The average molecular weight is 243 g/mol. The van der Waals surface area contributed by atoms with Gasteiger partial charge in [0.2, 0.25) is 5.91 Å². The predicted molar refractivity (Wildman–Crippen MR) is 69.0 cm³/mol. The number of amides is 1. The van der Waals surface area contributed by atoms with Crippen molar-refractivity contribution in [2.45, 2.75) is 12.5 Å². The van der Waals surface area contributed by atoms with Crippen molar-refractivity contribution in [3.8, 4) is 0 Å². The molecule has 3 rings (SSSR count). The third kappa shape index (κ3) is 1.92. The number of carbonyl (C=O) groups is 1. The molecule has 1 aromatic heterocycles. The van der Waals surface area contributed by atoms with Crippen LogP contribution in [0.5, 0.6) is 0 Å². The van der Waals surface area contributed by atoms with Crippen molar-refractivity contribution >= 4 is 28.3 Å². The Hall–Kier alpha value is -2.37. The van der Waals surface area contributed by atoms with Crippen LogP contribution >= 0.6 is 0 Å². The van der Waals surface area contributed by atoms with E-state index in [1.807, 2.05) is 12.1 Å². The Labute approximate surface area is 104 Å². The average Bonchev–Trinajstić information content (AvgIpc) is 2.75. The van der Waals surface area contributed by atoms with Gasteiger partial charge in [-0.1, -0.05) is 0 Å². The van der Waals surface area contributed by atoms with Crippen LogP contribution in [0, 0.1) is 0 Å². The molecule has 0 aliphatic carbocycles. The standard InChI is InChI=1S/C12H13N5O/c13-7-1-2-9-10(3-7)15-6-16-12(9)17-8-4-11(18)14-5-8/h1-3,6,8H,4-5,13H2,(H,14,18)(H,15,16,17). The van der Waals surface area contributed by atoms with E-state index in [9.17, 15) is 4.79 Å². The summed E-state index contributed by atoms with van der Waals surface area (Å²) in [7, 11) is 0. The number of hydrogen-bond acceptors (Lipinski definition) is 5. The van der Waals surface area contributed by atoms with Crippen molar-refractivity contribution in [1.82, 2.24) is 15.3 Å². The number of nitrogen functional groups attached to an aromatic ring is 1. The van der Waals surface area contributed by atoms with Crippen LogP contribution in [0.15, 0.2) is 24.5 Å². The van der Waals surface area contributed by atoms with Gasteiger partial charge in [-0.25, -0.2) is 9.97 Å². The third-order valence-electron chi connectivity index (χ3n) is 2.98. The van der Waals surface area contributed by atoms with E-state index in [0.717, 1.165) is 16.7 Å². The van der Waals surface area contributed by atoms with Gasteiger partial charge in [0.1, 0.15) is 12.1 Å². The number of fused-ring (bicyclic) bond motifs is 1. The number of aromatic nitrogens is 2. The fourth-order valence-electron chi connectivity index (χ4n) is 2.09. The van der Waals surface area contributed by atoms with Crippen LogP contribution in [0.4, 0.5) is 11.5 Å². The van der Waals surface area contributed by atoms with E-state index in [-0.39, 0.29) is 11.9 Å². The molecule has 92 valence electrons. The molecule has 1 aliphatic rings. The zero-order valence-electron chi connectivity index (χ0n) is 9.68. The van der Waals surface area contributed by atoms with Crippen LogP contribution in [0.25, 0.3) is 10.9 Å². The molecule has 1 aromatic carbocycles. The SMILES string of the molecule is Nc1ccc2c(NC3CNC(=O)C3)ncnc2c1. The Balaban J connectivity index is 1.94. The molecule has 6 heteroatoms. The van der Waals surface area contributed by atoms with Crippen molar-refractivity contribution in [3.05, 3.63) is 24.5 Å². The van der Waals surface area contributed by atoms with E-state index in [0.29, 0.717) is 18.7 Å². The molecular formula is C12H13N5O. The number of nitrogens with zero attached hydrogens (tertiary/aromatic N) is 2. The van der Waals surface area contributed by atoms with Crippen molar-refractivity contribution in [2.75, 3.05) is 17.6 Å². The molecule has 0 bridgehead atoms. The predicted octanol–water partition coefficient (Wildman–Crippen LogP) is 0.512. The molecular weight excluding hydrogens is 230 g/mol. The molecule has 1 aliphatic heterocycles. The molecule has 2 aromatic rings. The Kier molecular flexibility index (Phi) is 2.47. The Morgan fingerprint density at radius 3 is 3.06 bits per heavy atom. The second-order valence-corrected chi connectivity index (χ2v) is 4.35. The molecule has 1 unspecified atom stereocenters. The maximum absolute atomic E-state index is 11.2. The van der Waals surface area contributed by atoms with Crippen molar-refractivity contribution in [1.29, 1.82) is 0 Å². The minimum Gasteiger partial charge on any atom is -0.399 e. The van der Waals surface area contributed by atoms with Crippen LogP contribution in [0.3, 0.4) is 0 Å². The lowest BCUT2D eigenvalue weighted by atomic mass is 10.2. The van der Waals surface area contributed by atoms with Gasteiger partial charge >= 0.3 is 0 Å². The highest BCUT2D eigenvalue weighted by atomic mass is 16.1. The molecule has 1 amide bonds. The van der Waals surface area contributed by atoms with Crippen molar-refractivity contribution in [2.24, 2.45) is 0 Å². The highest BCUT2D eigenvalue weighted by Gasteiger charge is 2.21. The summed E-state index contributed by atoms with van der Waals surface area (Å²) in [4.78, 5) is 19.6. The molecule has 0 saturated carbocycles. The fraction of sp³-hybridized carbons (Fsp3) is 0.250. The van der Waals surface area contributed by atoms with Crippen molar-refractivity contribution in [3.63, 3.8) is 0 Å². The summed E-state index contributed by atoms with van der Waals surface area (Å²) in [6.45, 7) is 0.624. The first kappa shape index (κ1) is 10.8. The van der Waals surface area contributed by atoms with Gasteiger partial charge in [0.25, 0.3) is 0 Å². The number of benzene rings is 1. The van der Waals surface area contributed by atoms with Gasteiger partial charge in [-0.2, -0.15) is 0 Å². The van der Waals surface area contributed by atoms with E-state index >= 15 is 0 Å². The van der Waals surface area contributed by atoms with Crippen LogP contribution in [0.2, 0.25) is 0 Å². The maximum atomic E-state index is 11.2. The highest BCUT2D eigenvalue weighted by molar-refractivity contribution is 5.91. The summed E-state index contributed by atoms with van der Waals surface area (Å²) in [6.07, 6.45) is 1.97. The van der Waals surface area contributed by atoms with E-state index in [1.165, 1.54) is 6.33 Å². The van der Waals surface area contributed by atoms with E-state index < -0.39 is 0 Å². The first-order chi connectivity index (χ1) is 8.72. The second kappa shape index (κ2) is 4.14. The Morgan fingerprint density at radius 2 is 2.28 bits per heavy atom. The lowest BCUT2D eigenvalue weighted by molar-refractivity contribution is -0.119. The third-order valence-corrected chi connectivity index (χ3v) is 2.98. The first-order valence-electron chi connectivity index (χ1n) is 5.76. The highest BCUT2D eigenvalue weighted by Crippen LogP contribution is 2.22. The number of carbonyl (C=O) groups excluding carboxylic acids is 1. The molecule has 0 radical (unpaired) electrons. The van der Waals surface area contributed by atoms with E-state index in [1.54, 1.807) is 6.07 Å². The zero-order valence-corrected chi connectivity index (χ0v) is 9.68. The van der Waals surface area contributed by atoms with E-state index in [4.69, 9.17) is 5.73 Å². The van der Waals surface area contributed by atoms with Crippen molar-refractivity contribution < 1.29 is 4.79 Å². The second-order valence-electron chi connectivity index (χ2n) is 4.35. The number of nitrogens with two attached hydrogens (primary N) is 1. The monoisotopic (exact) mass is 243 g/mol. The summed E-state index contributed by atoms with van der Waals surface area (Å²) in [6, 6.07) is 5.58. The van der Waals surface area contributed by atoms with Gasteiger partial charge in [-0.3, -0.25) is 4.79 Å². The minimum atomic E-state index is 0.0649. The lowest BCUT2D eigenvalue weighted by Gasteiger charge is -2.12. The molecule has 1 saturated heterocycles. The lowest BCUT2D eigenvalue weighted by Crippen LogP contribution is -2.23. The first-order valence-corrected chi connectivity index (χ1v) is 5.76. The van der Waals surface area contributed by atoms with Gasteiger partial charge in [0.15, 0.2) is 0 Å². The van der Waals surface area contributed by atoms with Crippen LogP contribution in [-0.2, 0) is 4.79 Å². The number of hydrogen-bond donors (Lipinski definition) is 3. The minimum absolute atomic E-state index is 0.0649. The molecule has 1 fully saturated rings. The van der Waals surface area contributed by atoms with Crippen LogP contribution in [0.1, 0.15) is 6.42 Å². The van der Waals surface area contributed by atoms with Gasteiger partial charge in [0.05, 0.1) is 11.6 Å². The fourth-order valence-corrected chi connectivity index (χ4v) is 2.09. The summed E-state index contributed by atoms with van der Waals surface area (Å²) < 4.78 is 0. The number of rotatable bonds is 2.